The number of nitrogens with one attached hydrogen (secondary N) is 1. The number of benzene rings is 1. The Balaban J connectivity index is 1.27. The van der Waals surface area contributed by atoms with Crippen LogP contribution in [0.2, 0.25) is 0 Å². The van der Waals surface area contributed by atoms with Crippen molar-refractivity contribution < 1.29 is 17.7 Å². The van der Waals surface area contributed by atoms with Gasteiger partial charge in [-0.2, -0.15) is 0 Å². The summed E-state index contributed by atoms with van der Waals surface area (Å²) in [7, 11) is 0. The fourth-order valence-corrected chi connectivity index (χ4v) is 6.76. The quantitative estimate of drug-likeness (QED) is 0.471. The van der Waals surface area contributed by atoms with Gasteiger partial charge < -0.3 is 9.88 Å². The first kappa shape index (κ1) is 22.6. The molecule has 202 valence electrons. The molecule has 2 aromatic rings. The Morgan fingerprint density at radius 3 is 2.38 bits per heavy atom. The zero-order valence-electron chi connectivity index (χ0n) is 24.9. The Morgan fingerprint density at radius 1 is 1.08 bits per heavy atom. The van der Waals surface area contributed by atoms with Crippen molar-refractivity contribution in [3.8, 4) is 0 Å². The topological polar surface area (TPSA) is 63.1 Å². The molecule has 1 aliphatic carbocycles. The molecule has 2 saturated heterocycles. The summed E-state index contributed by atoms with van der Waals surface area (Å²) in [4.78, 5) is 15.7. The Hall–Kier alpha value is -2.35. The molecule has 1 aromatic carbocycles. The van der Waals surface area contributed by atoms with Gasteiger partial charge in [-0.3, -0.25) is 9.69 Å². The minimum atomic E-state index is -2.66. The second-order valence-corrected chi connectivity index (χ2v) is 11.5. The lowest BCUT2D eigenvalue weighted by Gasteiger charge is -2.40. The highest BCUT2D eigenvalue weighted by Crippen LogP contribution is 2.42. The molecular formula is C29H41F2N5O. The molecule has 3 heterocycles. The van der Waals surface area contributed by atoms with Crippen LogP contribution in [0.25, 0.3) is 0 Å². The highest BCUT2D eigenvalue weighted by atomic mass is 19.3. The van der Waals surface area contributed by atoms with Gasteiger partial charge in [0.05, 0.1) is 6.04 Å². The predicted octanol–water partition coefficient (Wildman–Crippen LogP) is 5.95. The van der Waals surface area contributed by atoms with Gasteiger partial charge in [-0.15, -0.1) is 10.2 Å². The zero-order chi connectivity index (χ0) is 28.7. The van der Waals surface area contributed by atoms with Crippen LogP contribution in [0.4, 0.5) is 8.78 Å². The first-order valence-electron chi connectivity index (χ1n) is 15.4. The summed E-state index contributed by atoms with van der Waals surface area (Å²) in [6.07, 6.45) is 4.51. The monoisotopic (exact) mass is 516 g/mol. The third kappa shape index (κ3) is 5.74. The first-order valence-corrected chi connectivity index (χ1v) is 13.9. The van der Waals surface area contributed by atoms with Gasteiger partial charge in [0, 0.05) is 53.5 Å². The van der Waals surface area contributed by atoms with Crippen LogP contribution < -0.4 is 5.32 Å². The third-order valence-corrected chi connectivity index (χ3v) is 8.75. The zero-order valence-corrected chi connectivity index (χ0v) is 21.9. The number of halogens is 2. The SMILES string of the molecule is [2H]C([2H])([2H])c1nnc(C(C)C)n1C1C[C@H]2CC[C@@H](C1)N2CC[C@H](NC(=O)C1CCC(F)(F)CC1)c1ccccc1. The average molecular weight is 517 g/mol. The number of hydrogen-bond acceptors (Lipinski definition) is 4. The molecule has 0 radical (unpaired) electrons. The van der Waals surface area contributed by atoms with Crippen molar-refractivity contribution in [1.82, 2.24) is 25.0 Å². The summed E-state index contributed by atoms with van der Waals surface area (Å²) in [5.41, 5.74) is 1.02. The molecule has 6 nitrogen and oxygen atoms in total. The molecule has 1 amide bonds. The summed E-state index contributed by atoms with van der Waals surface area (Å²) in [6.45, 7) is 2.52. The van der Waals surface area contributed by atoms with E-state index in [1.165, 1.54) is 0 Å². The second kappa shape index (κ2) is 10.8. The molecule has 0 spiro atoms. The van der Waals surface area contributed by atoms with E-state index in [2.05, 4.69) is 20.4 Å². The molecule has 1 N–H and O–H groups in total. The Morgan fingerprint density at radius 2 is 1.76 bits per heavy atom. The summed E-state index contributed by atoms with van der Waals surface area (Å²) >= 11 is 0. The molecule has 37 heavy (non-hydrogen) atoms. The van der Waals surface area contributed by atoms with Crippen LogP contribution in [-0.2, 0) is 4.79 Å². The Labute approximate surface area is 223 Å². The van der Waals surface area contributed by atoms with Gasteiger partial charge in [0.2, 0.25) is 11.8 Å². The molecule has 1 aromatic heterocycles. The van der Waals surface area contributed by atoms with Crippen molar-refractivity contribution in [3.63, 3.8) is 0 Å². The van der Waals surface area contributed by atoms with Gasteiger partial charge >= 0.3 is 0 Å². The van der Waals surface area contributed by atoms with Gasteiger partial charge in [0.15, 0.2) is 0 Å². The number of alkyl halides is 2. The minimum absolute atomic E-state index is 0.0469. The van der Waals surface area contributed by atoms with E-state index in [0.717, 1.165) is 50.0 Å². The van der Waals surface area contributed by atoms with Gasteiger partial charge in [-0.25, -0.2) is 8.78 Å². The first-order chi connectivity index (χ1) is 18.9. The number of amides is 1. The number of fused-ring (bicyclic) bond motifs is 2. The Bertz CT molecular complexity index is 1150. The molecular weight excluding hydrogens is 472 g/mol. The lowest BCUT2D eigenvalue weighted by molar-refractivity contribution is -0.130. The summed E-state index contributed by atoms with van der Waals surface area (Å²) in [5, 5.41) is 11.6. The third-order valence-electron chi connectivity index (χ3n) is 8.75. The normalized spacial score (nSPS) is 28.5. The number of carbonyl (C=O) groups excluding carboxylic acids is 1. The van der Waals surface area contributed by atoms with Crippen molar-refractivity contribution in [1.29, 1.82) is 0 Å². The summed E-state index contributed by atoms with van der Waals surface area (Å²) in [5.74, 6) is -2.27. The highest BCUT2D eigenvalue weighted by molar-refractivity contribution is 5.79. The number of hydrogen-bond donors (Lipinski definition) is 1. The van der Waals surface area contributed by atoms with Crippen LogP contribution in [0.3, 0.4) is 0 Å². The van der Waals surface area contributed by atoms with E-state index in [-0.39, 0.29) is 61.3 Å². The largest absolute Gasteiger partial charge is 0.349 e. The smallest absolute Gasteiger partial charge is 0.248 e. The molecule has 4 atom stereocenters. The van der Waals surface area contributed by atoms with Crippen LogP contribution >= 0.6 is 0 Å². The number of nitrogens with zero attached hydrogens (tertiary/aromatic N) is 4. The fraction of sp³-hybridized carbons (Fsp3) is 0.690. The van der Waals surface area contributed by atoms with Crippen molar-refractivity contribution >= 4 is 5.91 Å². The predicted molar refractivity (Wildman–Crippen MR) is 139 cm³/mol. The van der Waals surface area contributed by atoms with E-state index < -0.39 is 12.8 Å². The van der Waals surface area contributed by atoms with Crippen LogP contribution in [-0.4, -0.2) is 50.1 Å². The van der Waals surface area contributed by atoms with E-state index in [4.69, 9.17) is 4.11 Å². The Kier molecular flexibility index (Phi) is 6.60. The summed E-state index contributed by atoms with van der Waals surface area (Å²) < 4.78 is 53.3. The molecule has 2 aliphatic heterocycles. The molecule has 3 aliphatic rings. The maximum Gasteiger partial charge on any atom is 0.248 e. The van der Waals surface area contributed by atoms with Crippen molar-refractivity contribution in [2.75, 3.05) is 6.54 Å². The average Bonchev–Trinajstić information content (AvgIpc) is 3.45. The lowest BCUT2D eigenvalue weighted by Crippen LogP contribution is -2.45. The number of piperidine rings is 1. The van der Waals surface area contributed by atoms with Crippen LogP contribution in [0.5, 0.6) is 0 Å². The van der Waals surface area contributed by atoms with Crippen molar-refractivity contribution in [3.05, 3.63) is 47.5 Å². The van der Waals surface area contributed by atoms with E-state index >= 15 is 0 Å². The van der Waals surface area contributed by atoms with Gasteiger partial charge in [0.25, 0.3) is 0 Å². The molecule has 3 fully saturated rings. The lowest BCUT2D eigenvalue weighted by atomic mass is 9.86. The molecule has 1 saturated carbocycles. The molecule has 1 unspecified atom stereocenters. The highest BCUT2D eigenvalue weighted by Gasteiger charge is 2.42. The molecule has 5 rings (SSSR count). The second-order valence-electron chi connectivity index (χ2n) is 11.5. The van der Waals surface area contributed by atoms with Crippen molar-refractivity contribution in [2.45, 2.75) is 114 Å². The van der Waals surface area contributed by atoms with E-state index in [1.54, 1.807) is 0 Å². The van der Waals surface area contributed by atoms with E-state index in [1.807, 2.05) is 48.7 Å². The van der Waals surface area contributed by atoms with Crippen LogP contribution in [0, 0.1) is 12.8 Å². The van der Waals surface area contributed by atoms with Gasteiger partial charge in [0.1, 0.15) is 11.6 Å². The minimum Gasteiger partial charge on any atom is -0.349 e. The molecule has 2 bridgehead atoms. The van der Waals surface area contributed by atoms with Crippen LogP contribution in [0.15, 0.2) is 30.3 Å². The van der Waals surface area contributed by atoms with Gasteiger partial charge in [-0.05, 0) is 57.4 Å². The number of carbonyl (C=O) groups is 1. The number of aryl methyl sites for hydroxylation is 1. The maximum atomic E-state index is 13.7. The van der Waals surface area contributed by atoms with Crippen molar-refractivity contribution in [2.24, 2.45) is 5.92 Å². The standard InChI is InChI=1S/C29H41F2N5O/c1-19(2)27-34-33-20(3)36(27)25-17-23-9-10-24(18-25)35(23)16-13-26(21-7-5-4-6-8-21)32-28(37)22-11-14-29(30,31)15-12-22/h4-8,19,22-26H,9-18H2,1-3H3,(H,32,37)/t23-,24+,25?,26-/m0/s1/i3D3. The number of rotatable bonds is 8. The van der Waals surface area contributed by atoms with Gasteiger partial charge in [-0.1, -0.05) is 44.2 Å². The van der Waals surface area contributed by atoms with E-state index in [0.29, 0.717) is 12.1 Å². The summed E-state index contributed by atoms with van der Waals surface area (Å²) in [6, 6.07) is 10.4. The fourth-order valence-electron chi connectivity index (χ4n) is 6.76. The van der Waals surface area contributed by atoms with Crippen LogP contribution in [0.1, 0.15) is 111 Å². The molecule has 8 heteroatoms. The van der Waals surface area contributed by atoms with E-state index in [9.17, 15) is 13.6 Å². The number of aromatic nitrogens is 3. The maximum absolute atomic E-state index is 13.7.